The van der Waals surface area contributed by atoms with Crippen LogP contribution in [0.2, 0.25) is 5.02 Å². The fraction of sp³-hybridized carbons (Fsp3) is 0.294. The van der Waals surface area contributed by atoms with Crippen LogP contribution in [0.5, 0.6) is 11.5 Å². The highest BCUT2D eigenvalue weighted by Gasteiger charge is 2.11. The third-order valence-corrected chi connectivity index (χ3v) is 3.01. The quantitative estimate of drug-likeness (QED) is 0.747. The van der Waals surface area contributed by atoms with Crippen molar-refractivity contribution in [3.8, 4) is 11.5 Å². The molecule has 20 heavy (non-hydrogen) atoms. The Morgan fingerprint density at radius 2 is 1.55 bits per heavy atom. The molecule has 2 nitrogen and oxygen atoms in total. The summed E-state index contributed by atoms with van der Waals surface area (Å²) < 4.78 is 11.6. The van der Waals surface area contributed by atoms with Crippen LogP contribution in [0.25, 0.3) is 0 Å². The molecule has 0 aliphatic carbocycles. The first-order valence-electron chi connectivity index (χ1n) is 6.73. The molecule has 0 saturated heterocycles. The molecule has 0 heterocycles. The van der Waals surface area contributed by atoms with Gasteiger partial charge in [0.05, 0.1) is 6.10 Å². The number of rotatable bonds is 5. The van der Waals surface area contributed by atoms with E-state index < -0.39 is 0 Å². The maximum atomic E-state index is 6.14. The molecule has 1 atom stereocenters. The standard InChI is InChI=1S/C17H19ClO2/c1-12(2)19-17-10-14(9-15(18)11-17)13(3)20-16-7-5-4-6-8-16/h4-13H,1-3H3/t13-/m1/s1. The van der Waals surface area contributed by atoms with Gasteiger partial charge in [-0.05, 0) is 56.7 Å². The van der Waals surface area contributed by atoms with E-state index in [4.69, 9.17) is 21.1 Å². The van der Waals surface area contributed by atoms with E-state index in [9.17, 15) is 0 Å². The van der Waals surface area contributed by atoms with Gasteiger partial charge >= 0.3 is 0 Å². The number of halogens is 1. The number of ether oxygens (including phenoxy) is 2. The van der Waals surface area contributed by atoms with Gasteiger partial charge in [0.25, 0.3) is 0 Å². The molecule has 106 valence electrons. The van der Waals surface area contributed by atoms with Crippen LogP contribution < -0.4 is 9.47 Å². The molecule has 0 spiro atoms. The summed E-state index contributed by atoms with van der Waals surface area (Å²) in [5, 5.41) is 0.654. The summed E-state index contributed by atoms with van der Waals surface area (Å²) in [4.78, 5) is 0. The molecule has 0 radical (unpaired) electrons. The molecule has 0 unspecified atom stereocenters. The first-order valence-corrected chi connectivity index (χ1v) is 7.11. The van der Waals surface area contributed by atoms with Gasteiger partial charge in [0, 0.05) is 5.02 Å². The van der Waals surface area contributed by atoms with Gasteiger partial charge in [-0.15, -0.1) is 0 Å². The molecule has 0 saturated carbocycles. The average Bonchev–Trinajstić information content (AvgIpc) is 2.38. The molecule has 0 aliphatic heterocycles. The molecule has 0 aromatic heterocycles. The second-order valence-corrected chi connectivity index (χ2v) is 5.40. The molecular formula is C17H19ClO2. The van der Waals surface area contributed by atoms with E-state index in [0.717, 1.165) is 17.1 Å². The second-order valence-electron chi connectivity index (χ2n) is 4.96. The fourth-order valence-electron chi connectivity index (χ4n) is 1.93. The molecular weight excluding hydrogens is 272 g/mol. The van der Waals surface area contributed by atoms with E-state index in [1.807, 2.05) is 69.3 Å². The van der Waals surface area contributed by atoms with Gasteiger partial charge in [-0.3, -0.25) is 0 Å². The van der Waals surface area contributed by atoms with Crippen LogP contribution in [0.4, 0.5) is 0 Å². The van der Waals surface area contributed by atoms with Crippen molar-refractivity contribution in [2.45, 2.75) is 33.0 Å². The highest BCUT2D eigenvalue weighted by atomic mass is 35.5. The van der Waals surface area contributed by atoms with Crippen LogP contribution in [0.15, 0.2) is 48.5 Å². The average molecular weight is 291 g/mol. The van der Waals surface area contributed by atoms with Gasteiger partial charge < -0.3 is 9.47 Å². The van der Waals surface area contributed by atoms with Gasteiger partial charge in [-0.2, -0.15) is 0 Å². The predicted octanol–water partition coefficient (Wildman–Crippen LogP) is 5.27. The Bertz CT molecular complexity index is 552. The zero-order chi connectivity index (χ0) is 14.5. The lowest BCUT2D eigenvalue weighted by Gasteiger charge is -2.17. The number of para-hydroxylation sites is 1. The van der Waals surface area contributed by atoms with Crippen LogP contribution in [0.3, 0.4) is 0 Å². The van der Waals surface area contributed by atoms with Gasteiger partial charge in [0.2, 0.25) is 0 Å². The fourth-order valence-corrected chi connectivity index (χ4v) is 2.16. The molecule has 3 heteroatoms. The Hall–Kier alpha value is -1.67. The number of hydrogen-bond acceptors (Lipinski definition) is 2. The van der Waals surface area contributed by atoms with E-state index in [0.29, 0.717) is 5.02 Å². The Kier molecular flexibility index (Phi) is 4.91. The van der Waals surface area contributed by atoms with Crippen molar-refractivity contribution in [2.75, 3.05) is 0 Å². The minimum Gasteiger partial charge on any atom is -0.491 e. The van der Waals surface area contributed by atoms with Crippen molar-refractivity contribution in [2.24, 2.45) is 0 Å². The minimum absolute atomic E-state index is 0.0920. The van der Waals surface area contributed by atoms with E-state index in [2.05, 4.69) is 0 Å². The summed E-state index contributed by atoms with van der Waals surface area (Å²) >= 11 is 6.14. The lowest BCUT2D eigenvalue weighted by molar-refractivity contribution is 0.222. The zero-order valence-corrected chi connectivity index (χ0v) is 12.7. The minimum atomic E-state index is -0.0920. The van der Waals surface area contributed by atoms with Gasteiger partial charge in [-0.1, -0.05) is 29.8 Å². The summed E-state index contributed by atoms with van der Waals surface area (Å²) in [6.07, 6.45) is 0.0253. The lowest BCUT2D eigenvalue weighted by Crippen LogP contribution is -2.07. The predicted molar refractivity (Wildman–Crippen MR) is 82.7 cm³/mol. The molecule has 0 fully saturated rings. The van der Waals surface area contributed by atoms with Crippen molar-refractivity contribution < 1.29 is 9.47 Å². The van der Waals surface area contributed by atoms with E-state index in [1.165, 1.54) is 0 Å². The molecule has 0 amide bonds. The maximum Gasteiger partial charge on any atom is 0.121 e. The van der Waals surface area contributed by atoms with Crippen molar-refractivity contribution in [1.29, 1.82) is 0 Å². The van der Waals surface area contributed by atoms with E-state index in [1.54, 1.807) is 0 Å². The van der Waals surface area contributed by atoms with E-state index in [-0.39, 0.29) is 12.2 Å². The van der Waals surface area contributed by atoms with Gasteiger partial charge in [-0.25, -0.2) is 0 Å². The highest BCUT2D eigenvalue weighted by molar-refractivity contribution is 6.30. The smallest absolute Gasteiger partial charge is 0.121 e. The third-order valence-electron chi connectivity index (χ3n) is 2.79. The number of benzene rings is 2. The Morgan fingerprint density at radius 3 is 2.20 bits per heavy atom. The van der Waals surface area contributed by atoms with Crippen LogP contribution in [-0.2, 0) is 0 Å². The molecule has 2 rings (SSSR count). The van der Waals surface area contributed by atoms with Gasteiger partial charge in [0.1, 0.15) is 17.6 Å². The maximum absolute atomic E-state index is 6.14. The topological polar surface area (TPSA) is 18.5 Å². The van der Waals surface area contributed by atoms with Crippen LogP contribution in [0.1, 0.15) is 32.4 Å². The zero-order valence-electron chi connectivity index (χ0n) is 12.0. The van der Waals surface area contributed by atoms with Crippen molar-refractivity contribution >= 4 is 11.6 Å². The lowest BCUT2D eigenvalue weighted by atomic mass is 10.1. The van der Waals surface area contributed by atoms with Crippen molar-refractivity contribution in [3.05, 3.63) is 59.1 Å². The van der Waals surface area contributed by atoms with E-state index >= 15 is 0 Å². The molecule has 2 aromatic rings. The largest absolute Gasteiger partial charge is 0.491 e. The third kappa shape index (κ3) is 4.17. The van der Waals surface area contributed by atoms with Crippen LogP contribution >= 0.6 is 11.6 Å². The Labute approximate surface area is 125 Å². The summed E-state index contributed by atoms with van der Waals surface area (Å²) in [7, 11) is 0. The number of hydrogen-bond donors (Lipinski definition) is 0. The summed E-state index contributed by atoms with van der Waals surface area (Å²) in [6, 6.07) is 15.4. The van der Waals surface area contributed by atoms with Crippen LogP contribution in [0, 0.1) is 0 Å². The summed E-state index contributed by atoms with van der Waals surface area (Å²) in [5.41, 5.74) is 0.997. The molecule has 0 N–H and O–H groups in total. The molecule has 2 aromatic carbocycles. The monoisotopic (exact) mass is 290 g/mol. The first-order chi connectivity index (χ1) is 9.54. The van der Waals surface area contributed by atoms with Crippen molar-refractivity contribution in [3.63, 3.8) is 0 Å². The molecule has 0 bridgehead atoms. The Morgan fingerprint density at radius 1 is 0.850 bits per heavy atom. The highest BCUT2D eigenvalue weighted by Crippen LogP contribution is 2.28. The Balaban J connectivity index is 2.16. The SMILES string of the molecule is CC(C)Oc1cc(Cl)cc([C@@H](C)Oc2ccccc2)c1. The van der Waals surface area contributed by atoms with Crippen molar-refractivity contribution in [1.82, 2.24) is 0 Å². The first kappa shape index (κ1) is 14.7. The summed E-state index contributed by atoms with van der Waals surface area (Å²) in [6.45, 7) is 5.98. The molecule has 0 aliphatic rings. The van der Waals surface area contributed by atoms with Crippen LogP contribution in [-0.4, -0.2) is 6.10 Å². The second kappa shape index (κ2) is 6.67. The normalized spacial score (nSPS) is 12.2. The summed E-state index contributed by atoms with van der Waals surface area (Å²) in [5.74, 6) is 1.61. The van der Waals surface area contributed by atoms with Gasteiger partial charge in [0.15, 0.2) is 0 Å².